The Kier molecular flexibility index (Phi) is 31.3. The smallest absolute Gasteiger partial charge is 0.119 e. The molecule has 33 heavy (non-hydrogen) atoms. The van der Waals surface area contributed by atoms with E-state index in [1.807, 2.05) is 90.1 Å². The van der Waals surface area contributed by atoms with Crippen molar-refractivity contribution in [2.45, 2.75) is 86.7 Å². The quantitative estimate of drug-likeness (QED) is 0.134. The lowest BCUT2D eigenvalue weighted by Gasteiger charge is -2.09. The van der Waals surface area contributed by atoms with Crippen molar-refractivity contribution >= 4 is 0 Å². The van der Waals surface area contributed by atoms with Crippen LogP contribution in [0.25, 0.3) is 0 Å². The molecule has 1 aromatic carbocycles. The summed E-state index contributed by atoms with van der Waals surface area (Å²) in [6.07, 6.45) is 19.6. The van der Waals surface area contributed by atoms with Crippen molar-refractivity contribution in [3.63, 3.8) is 0 Å². The maximum atomic E-state index is 9.95. The predicted octanol–water partition coefficient (Wildman–Crippen LogP) is 8.92. The predicted molar refractivity (Wildman–Crippen MR) is 148 cm³/mol. The number of hydrogen-bond donors (Lipinski definition) is 2. The Morgan fingerprint density at radius 3 is 2.21 bits per heavy atom. The molecule has 0 heterocycles. The summed E-state index contributed by atoms with van der Waals surface area (Å²) < 4.78 is 5.66. The first kappa shape index (κ1) is 35.1. The fourth-order valence-electron chi connectivity index (χ4n) is 2.35. The summed E-state index contributed by atoms with van der Waals surface area (Å²) in [4.78, 5) is 0. The molecule has 3 heteroatoms. The van der Waals surface area contributed by atoms with Crippen LogP contribution in [0.2, 0.25) is 0 Å². The van der Waals surface area contributed by atoms with Gasteiger partial charge >= 0.3 is 0 Å². The van der Waals surface area contributed by atoms with Crippen LogP contribution < -0.4 is 4.74 Å². The fraction of sp³-hybridized carbons (Fsp3) is 0.467. The average molecular weight is 459 g/mol. The molecule has 0 bridgehead atoms. The first-order chi connectivity index (χ1) is 16.1. The normalized spacial score (nSPS) is 11.4. The Morgan fingerprint density at radius 2 is 1.58 bits per heavy atom. The van der Waals surface area contributed by atoms with Crippen molar-refractivity contribution in [2.24, 2.45) is 0 Å². The lowest BCUT2D eigenvalue weighted by Crippen LogP contribution is -2.09. The lowest BCUT2D eigenvalue weighted by molar-refractivity contribution is 0.178. The van der Waals surface area contributed by atoms with Crippen molar-refractivity contribution in [3.05, 3.63) is 90.8 Å². The zero-order chi connectivity index (χ0) is 25.7. The Morgan fingerprint density at radius 1 is 0.939 bits per heavy atom. The maximum absolute atomic E-state index is 9.95. The van der Waals surface area contributed by atoms with Gasteiger partial charge in [-0.05, 0) is 37.0 Å². The van der Waals surface area contributed by atoms with Gasteiger partial charge in [0, 0.05) is 12.8 Å². The molecule has 0 fully saturated rings. The highest BCUT2D eigenvalue weighted by Gasteiger charge is 2.01. The second-order valence-corrected chi connectivity index (χ2v) is 6.25. The van der Waals surface area contributed by atoms with E-state index >= 15 is 0 Å². The number of unbranched alkanes of at least 4 members (excludes halogenated alkanes) is 1. The van der Waals surface area contributed by atoms with Crippen LogP contribution in [0.3, 0.4) is 0 Å². The minimum atomic E-state index is -0.543. The molecular formula is C30H50O3. The van der Waals surface area contributed by atoms with Gasteiger partial charge in [0.2, 0.25) is 0 Å². The zero-order valence-electron chi connectivity index (χ0n) is 22.3. The minimum Gasteiger partial charge on any atom is -0.513 e. The van der Waals surface area contributed by atoms with Crippen molar-refractivity contribution < 1.29 is 14.9 Å². The van der Waals surface area contributed by atoms with Gasteiger partial charge in [0.25, 0.3) is 0 Å². The van der Waals surface area contributed by atoms with E-state index in [4.69, 9.17) is 4.74 Å². The molecular weight excluding hydrogens is 408 g/mol. The third kappa shape index (κ3) is 25.6. The van der Waals surface area contributed by atoms with E-state index in [1.54, 1.807) is 6.08 Å². The summed E-state index contributed by atoms with van der Waals surface area (Å²) in [5.41, 5.74) is 0.944. The third-order valence-electron chi connectivity index (χ3n) is 3.69. The molecule has 1 aromatic rings. The van der Waals surface area contributed by atoms with Gasteiger partial charge in [-0.15, -0.1) is 0 Å². The topological polar surface area (TPSA) is 49.7 Å². The summed E-state index contributed by atoms with van der Waals surface area (Å²) in [6, 6.07) is 7.52. The highest BCUT2D eigenvalue weighted by Crippen LogP contribution is 2.15. The van der Waals surface area contributed by atoms with Gasteiger partial charge in [0.05, 0.1) is 18.5 Å². The van der Waals surface area contributed by atoms with Gasteiger partial charge in [0.1, 0.15) is 5.75 Å². The number of aliphatic hydroxyl groups excluding tert-OH is 2. The second kappa shape index (κ2) is 29.5. The Hall–Kier alpha value is -2.52. The summed E-state index contributed by atoms with van der Waals surface area (Å²) in [7, 11) is 0. The van der Waals surface area contributed by atoms with Gasteiger partial charge in [-0.3, -0.25) is 0 Å². The third-order valence-corrected chi connectivity index (χ3v) is 3.69. The molecule has 1 unspecified atom stereocenters. The Labute approximate surface area is 204 Å². The van der Waals surface area contributed by atoms with E-state index in [0.717, 1.165) is 30.6 Å². The molecule has 2 N–H and O–H groups in total. The number of aliphatic hydroxyl groups is 2. The average Bonchev–Trinajstić information content (AvgIpc) is 2.84. The molecule has 1 atom stereocenters. The van der Waals surface area contributed by atoms with Crippen molar-refractivity contribution in [3.8, 4) is 5.75 Å². The number of ether oxygens (including phenoxy) is 1. The zero-order valence-corrected chi connectivity index (χ0v) is 22.3. The van der Waals surface area contributed by atoms with Crippen LogP contribution in [0.4, 0.5) is 0 Å². The first-order valence-electron chi connectivity index (χ1n) is 12.5. The largest absolute Gasteiger partial charge is 0.513 e. The van der Waals surface area contributed by atoms with Crippen molar-refractivity contribution in [1.29, 1.82) is 0 Å². The maximum Gasteiger partial charge on any atom is 0.119 e. The molecule has 1 rings (SSSR count). The molecule has 0 aliphatic heterocycles. The standard InChI is InChI=1S/C24H32O3.3C2H6/c1-3-4-5-6-7-8-9-10-11-12-15-23(26)17-18-27-24-16-13-14-22(20-24)19-21(2)25;3*1-2/h4-5,8-16,20,23,25-26H,2-3,6-7,17-19H2,1H3;3*1-2H3/b5-4-,9-8+,11-10-,15-12+;;;. The SMILES string of the molecule is C=C(O)Cc1cccc(OCCC(O)/C=C/C=C\C=C\CC/C=C\CC)c1.CC.CC.CC. The van der Waals surface area contributed by atoms with Crippen LogP contribution in [0.5, 0.6) is 5.75 Å². The fourth-order valence-corrected chi connectivity index (χ4v) is 2.35. The van der Waals surface area contributed by atoms with Crippen LogP contribution >= 0.6 is 0 Å². The van der Waals surface area contributed by atoms with Gasteiger partial charge in [-0.2, -0.15) is 0 Å². The van der Waals surface area contributed by atoms with Crippen LogP contribution in [0.1, 0.15) is 79.7 Å². The van der Waals surface area contributed by atoms with E-state index < -0.39 is 6.10 Å². The molecule has 0 aromatic heterocycles. The molecule has 188 valence electrons. The molecule has 0 radical (unpaired) electrons. The van der Waals surface area contributed by atoms with Crippen molar-refractivity contribution in [2.75, 3.05) is 6.61 Å². The van der Waals surface area contributed by atoms with Gasteiger partial charge in [0.15, 0.2) is 0 Å². The van der Waals surface area contributed by atoms with E-state index in [9.17, 15) is 10.2 Å². The summed E-state index contributed by atoms with van der Waals surface area (Å²) >= 11 is 0. The van der Waals surface area contributed by atoms with E-state index in [1.165, 1.54) is 0 Å². The van der Waals surface area contributed by atoms with E-state index in [0.29, 0.717) is 19.4 Å². The highest BCUT2D eigenvalue weighted by atomic mass is 16.5. The molecule has 0 amide bonds. The molecule has 0 aliphatic carbocycles. The van der Waals surface area contributed by atoms with Crippen molar-refractivity contribution in [1.82, 2.24) is 0 Å². The Balaban J connectivity index is -0.00000138. The Bertz CT molecular complexity index is 654. The number of hydrogen-bond acceptors (Lipinski definition) is 3. The lowest BCUT2D eigenvalue weighted by atomic mass is 10.1. The molecule has 0 aliphatic rings. The van der Waals surface area contributed by atoms with Gasteiger partial charge < -0.3 is 14.9 Å². The van der Waals surface area contributed by atoms with Crippen LogP contribution in [-0.2, 0) is 6.42 Å². The van der Waals surface area contributed by atoms with Crippen LogP contribution in [-0.4, -0.2) is 22.9 Å². The summed E-state index contributed by atoms with van der Waals surface area (Å²) in [5, 5.41) is 19.2. The molecule has 0 saturated carbocycles. The van der Waals surface area contributed by atoms with Gasteiger partial charge in [-0.25, -0.2) is 0 Å². The van der Waals surface area contributed by atoms with Crippen LogP contribution in [0.15, 0.2) is 85.2 Å². The summed E-state index contributed by atoms with van der Waals surface area (Å²) in [6.45, 7) is 18.0. The second-order valence-electron chi connectivity index (χ2n) is 6.25. The highest BCUT2D eigenvalue weighted by molar-refractivity contribution is 5.30. The van der Waals surface area contributed by atoms with E-state index in [-0.39, 0.29) is 5.76 Å². The monoisotopic (exact) mass is 458 g/mol. The number of benzene rings is 1. The summed E-state index contributed by atoms with van der Waals surface area (Å²) in [5.74, 6) is 0.854. The molecule has 3 nitrogen and oxygen atoms in total. The number of allylic oxidation sites excluding steroid dienone is 8. The molecule has 0 saturated heterocycles. The first-order valence-corrected chi connectivity index (χ1v) is 12.5. The molecule has 0 spiro atoms. The number of rotatable bonds is 13. The van der Waals surface area contributed by atoms with E-state index in [2.05, 4.69) is 31.7 Å². The van der Waals surface area contributed by atoms with Crippen LogP contribution in [0, 0.1) is 0 Å². The van der Waals surface area contributed by atoms with Gasteiger partial charge in [-0.1, -0.05) is 116 Å². The minimum absolute atomic E-state index is 0.129.